The number of hydrogen-bond acceptors (Lipinski definition) is 4. The SMILES string of the molecule is O=C1Nc2cc(N3CCCCCC3CO)c(Br)cc2C1=O. The number of hydrogen-bond donors (Lipinski definition) is 2. The molecule has 1 saturated heterocycles. The van der Waals surface area contributed by atoms with Gasteiger partial charge in [-0.05, 0) is 40.9 Å². The molecule has 2 heterocycles. The van der Waals surface area contributed by atoms with Crippen molar-refractivity contribution in [3.05, 3.63) is 22.2 Å². The minimum atomic E-state index is -0.580. The largest absolute Gasteiger partial charge is 0.394 e. The lowest BCUT2D eigenvalue weighted by atomic mass is 10.1. The second-order valence-electron chi connectivity index (χ2n) is 5.51. The average molecular weight is 353 g/mol. The molecule has 2 aliphatic rings. The topological polar surface area (TPSA) is 69.6 Å². The number of amides is 1. The van der Waals surface area contributed by atoms with Crippen LogP contribution in [0.1, 0.15) is 36.0 Å². The molecule has 0 aliphatic carbocycles. The minimum Gasteiger partial charge on any atom is -0.394 e. The summed E-state index contributed by atoms with van der Waals surface area (Å²) >= 11 is 3.50. The van der Waals surface area contributed by atoms with Gasteiger partial charge in [-0.3, -0.25) is 9.59 Å². The van der Waals surface area contributed by atoms with Gasteiger partial charge in [0.05, 0.1) is 29.6 Å². The van der Waals surface area contributed by atoms with Gasteiger partial charge in [-0.2, -0.15) is 0 Å². The number of nitrogens with one attached hydrogen (secondary N) is 1. The van der Waals surface area contributed by atoms with Crippen LogP contribution < -0.4 is 10.2 Å². The van der Waals surface area contributed by atoms with Crippen LogP contribution in [0.15, 0.2) is 16.6 Å². The van der Waals surface area contributed by atoms with Crippen LogP contribution in [0, 0.1) is 0 Å². The highest BCUT2D eigenvalue weighted by Crippen LogP contribution is 2.37. The molecular weight excluding hydrogens is 336 g/mol. The fourth-order valence-electron chi connectivity index (χ4n) is 3.06. The van der Waals surface area contributed by atoms with E-state index in [0.717, 1.165) is 42.4 Å². The Kier molecular flexibility index (Phi) is 3.99. The Morgan fingerprint density at radius 1 is 1.29 bits per heavy atom. The van der Waals surface area contributed by atoms with Gasteiger partial charge < -0.3 is 15.3 Å². The molecule has 1 fully saturated rings. The van der Waals surface area contributed by atoms with Crippen molar-refractivity contribution in [2.24, 2.45) is 0 Å². The van der Waals surface area contributed by atoms with Crippen LogP contribution in [0.3, 0.4) is 0 Å². The van der Waals surface area contributed by atoms with Gasteiger partial charge >= 0.3 is 0 Å². The number of rotatable bonds is 2. The van der Waals surface area contributed by atoms with Crippen molar-refractivity contribution < 1.29 is 14.7 Å². The number of ketones is 1. The maximum absolute atomic E-state index is 11.7. The van der Waals surface area contributed by atoms with Gasteiger partial charge in [0.2, 0.25) is 0 Å². The number of halogens is 1. The predicted molar refractivity (Wildman–Crippen MR) is 83.8 cm³/mol. The van der Waals surface area contributed by atoms with Crippen molar-refractivity contribution in [3.8, 4) is 0 Å². The minimum absolute atomic E-state index is 0.0784. The highest BCUT2D eigenvalue weighted by molar-refractivity contribution is 9.10. The van der Waals surface area contributed by atoms with E-state index in [1.807, 2.05) is 6.07 Å². The highest BCUT2D eigenvalue weighted by Gasteiger charge is 2.31. The number of anilines is 2. The van der Waals surface area contributed by atoms with E-state index in [-0.39, 0.29) is 12.6 Å². The Balaban J connectivity index is 2.00. The van der Waals surface area contributed by atoms with E-state index in [2.05, 4.69) is 26.1 Å². The Labute approximate surface area is 131 Å². The number of carbonyl (C=O) groups excluding carboxylic acids is 2. The van der Waals surface area contributed by atoms with E-state index >= 15 is 0 Å². The summed E-state index contributed by atoms with van der Waals surface area (Å²) in [4.78, 5) is 25.4. The summed E-state index contributed by atoms with van der Waals surface area (Å²) in [5.41, 5.74) is 1.89. The van der Waals surface area contributed by atoms with Crippen molar-refractivity contribution in [3.63, 3.8) is 0 Å². The molecule has 0 aromatic heterocycles. The molecular formula is C15H17BrN2O3. The molecule has 2 N–H and O–H groups in total. The first kappa shape index (κ1) is 14.5. The van der Waals surface area contributed by atoms with Crippen LogP contribution in [0.2, 0.25) is 0 Å². The number of aliphatic hydroxyl groups is 1. The van der Waals surface area contributed by atoms with Gasteiger partial charge in [-0.15, -0.1) is 0 Å². The van der Waals surface area contributed by atoms with Gasteiger partial charge in [0, 0.05) is 11.0 Å². The number of benzene rings is 1. The zero-order valence-electron chi connectivity index (χ0n) is 11.6. The molecule has 1 unspecified atom stereocenters. The van der Waals surface area contributed by atoms with Crippen LogP contribution in [0.25, 0.3) is 0 Å². The normalized spacial score (nSPS) is 22.0. The van der Waals surface area contributed by atoms with Crippen LogP contribution >= 0.6 is 15.9 Å². The van der Waals surface area contributed by atoms with Crippen molar-refractivity contribution in [2.75, 3.05) is 23.4 Å². The Bertz CT molecular complexity index is 603. The highest BCUT2D eigenvalue weighted by atomic mass is 79.9. The molecule has 21 heavy (non-hydrogen) atoms. The molecule has 2 aliphatic heterocycles. The van der Waals surface area contributed by atoms with Crippen molar-refractivity contribution >= 4 is 39.0 Å². The van der Waals surface area contributed by atoms with Gasteiger partial charge in [0.25, 0.3) is 11.7 Å². The molecule has 1 aromatic rings. The van der Waals surface area contributed by atoms with E-state index in [1.54, 1.807) is 6.07 Å². The number of aliphatic hydroxyl groups excluding tert-OH is 1. The summed E-state index contributed by atoms with van der Waals surface area (Å²) in [6, 6.07) is 3.61. The van der Waals surface area contributed by atoms with Crippen molar-refractivity contribution in [2.45, 2.75) is 31.7 Å². The lowest BCUT2D eigenvalue weighted by Gasteiger charge is -2.32. The molecule has 0 spiro atoms. The van der Waals surface area contributed by atoms with Crippen LogP contribution in [0.4, 0.5) is 11.4 Å². The van der Waals surface area contributed by atoms with E-state index in [9.17, 15) is 14.7 Å². The Hall–Kier alpha value is -1.40. The first-order valence-electron chi connectivity index (χ1n) is 7.18. The summed E-state index contributed by atoms with van der Waals surface area (Å²) in [6.45, 7) is 0.972. The average Bonchev–Trinajstić information content (AvgIpc) is 2.68. The van der Waals surface area contributed by atoms with E-state index in [0.29, 0.717) is 11.3 Å². The lowest BCUT2D eigenvalue weighted by molar-refractivity contribution is -0.112. The van der Waals surface area contributed by atoms with Gasteiger partial charge in [-0.1, -0.05) is 12.8 Å². The van der Waals surface area contributed by atoms with Crippen molar-refractivity contribution in [1.82, 2.24) is 0 Å². The van der Waals surface area contributed by atoms with Crippen LogP contribution in [-0.4, -0.2) is 36.0 Å². The second kappa shape index (κ2) is 5.77. The van der Waals surface area contributed by atoms with E-state index in [4.69, 9.17) is 0 Å². The van der Waals surface area contributed by atoms with Gasteiger partial charge in [0.15, 0.2) is 0 Å². The molecule has 1 atom stereocenters. The van der Waals surface area contributed by atoms with E-state index < -0.39 is 11.7 Å². The molecule has 6 heteroatoms. The summed E-state index contributed by atoms with van der Waals surface area (Å²) in [7, 11) is 0. The van der Waals surface area contributed by atoms with Gasteiger partial charge in [0.1, 0.15) is 0 Å². The number of fused-ring (bicyclic) bond motifs is 1. The molecule has 112 valence electrons. The third-order valence-electron chi connectivity index (χ3n) is 4.18. The molecule has 1 amide bonds. The molecule has 3 rings (SSSR count). The summed E-state index contributed by atoms with van der Waals surface area (Å²) < 4.78 is 0.784. The molecule has 5 nitrogen and oxygen atoms in total. The quantitative estimate of drug-likeness (QED) is 0.801. The van der Waals surface area contributed by atoms with Crippen molar-refractivity contribution in [1.29, 1.82) is 0 Å². The Morgan fingerprint density at radius 2 is 2.10 bits per heavy atom. The summed E-state index contributed by atoms with van der Waals surface area (Å²) in [5.74, 6) is -1.07. The summed E-state index contributed by atoms with van der Waals surface area (Å²) in [6.07, 6.45) is 4.29. The fourth-order valence-corrected chi connectivity index (χ4v) is 3.63. The Morgan fingerprint density at radius 3 is 2.86 bits per heavy atom. The first-order chi connectivity index (χ1) is 10.1. The predicted octanol–water partition coefficient (Wildman–Crippen LogP) is 2.33. The summed E-state index contributed by atoms with van der Waals surface area (Å²) in [5, 5.41) is 12.2. The maximum atomic E-state index is 11.7. The van der Waals surface area contributed by atoms with Crippen LogP contribution in [-0.2, 0) is 4.79 Å². The van der Waals surface area contributed by atoms with Gasteiger partial charge in [-0.25, -0.2) is 0 Å². The van der Waals surface area contributed by atoms with Crippen LogP contribution in [0.5, 0.6) is 0 Å². The third kappa shape index (κ3) is 2.58. The smallest absolute Gasteiger partial charge is 0.296 e. The maximum Gasteiger partial charge on any atom is 0.296 e. The molecule has 1 aromatic carbocycles. The zero-order valence-corrected chi connectivity index (χ0v) is 13.1. The number of Topliss-reactive ketones (excluding diaryl/α,β-unsaturated/α-hetero) is 1. The third-order valence-corrected chi connectivity index (χ3v) is 4.82. The molecule has 0 saturated carbocycles. The monoisotopic (exact) mass is 352 g/mol. The zero-order chi connectivity index (χ0) is 15.0. The van der Waals surface area contributed by atoms with E-state index in [1.165, 1.54) is 0 Å². The number of nitrogens with zero attached hydrogens (tertiary/aromatic N) is 1. The fraction of sp³-hybridized carbons (Fsp3) is 0.467. The lowest BCUT2D eigenvalue weighted by Crippen LogP contribution is -2.37. The standard InChI is InChI=1S/C15H17BrN2O3/c16-11-6-10-12(17-15(21)14(10)20)7-13(11)18-5-3-1-2-4-9(18)8-19/h6-7,9,19H,1-5,8H2,(H,17,20,21). The molecule has 0 bridgehead atoms. The number of carbonyl (C=O) groups is 2. The molecule has 0 radical (unpaired) electrons. The first-order valence-corrected chi connectivity index (χ1v) is 7.98. The second-order valence-corrected chi connectivity index (χ2v) is 6.37.